The fourth-order valence-corrected chi connectivity index (χ4v) is 3.45. The van der Waals surface area contributed by atoms with Crippen LogP contribution in [0.3, 0.4) is 0 Å². The number of hydrogen-bond donors (Lipinski definition) is 0. The molecule has 1 aliphatic rings. The average Bonchev–Trinajstić information content (AvgIpc) is 2.94. The Morgan fingerprint density at radius 3 is 1.67 bits per heavy atom. The van der Waals surface area contributed by atoms with E-state index in [1.54, 1.807) is 0 Å². The Balaban J connectivity index is 1.64. The summed E-state index contributed by atoms with van der Waals surface area (Å²) in [5.74, 6) is 0.0466. The van der Waals surface area contributed by atoms with Crippen LogP contribution in [0.25, 0.3) is 0 Å². The smallest absolute Gasteiger partial charge is 0.253 e. The highest BCUT2D eigenvalue weighted by atomic mass is 79.9. The van der Waals surface area contributed by atoms with Crippen molar-refractivity contribution in [2.75, 3.05) is 45.2 Å². The number of amides is 2. The van der Waals surface area contributed by atoms with Crippen LogP contribution in [-0.2, 0) is 0 Å². The maximum absolute atomic E-state index is 12.8. The molecular weight excluding hydrogens is 406 g/mol. The third-order valence-electron chi connectivity index (χ3n) is 4.79. The molecule has 0 spiro atoms. The highest BCUT2D eigenvalue weighted by molar-refractivity contribution is 9.10. The second kappa shape index (κ2) is 8.57. The molecule has 3 rings (SSSR count). The molecule has 1 saturated heterocycles. The van der Waals surface area contributed by atoms with Crippen molar-refractivity contribution in [3.05, 3.63) is 64.1 Å². The Labute approximate surface area is 168 Å². The predicted molar refractivity (Wildman–Crippen MR) is 111 cm³/mol. The summed E-state index contributed by atoms with van der Waals surface area (Å²) in [5.41, 5.74) is 2.43. The Bertz CT molecular complexity index is 803. The van der Waals surface area contributed by atoms with Crippen LogP contribution in [0.4, 0.5) is 5.69 Å². The van der Waals surface area contributed by atoms with Crippen molar-refractivity contribution in [3.63, 3.8) is 0 Å². The van der Waals surface area contributed by atoms with Crippen LogP contribution < -0.4 is 4.90 Å². The number of benzene rings is 2. The zero-order chi connectivity index (χ0) is 19.4. The second-order valence-electron chi connectivity index (χ2n) is 6.89. The van der Waals surface area contributed by atoms with Gasteiger partial charge in [-0.3, -0.25) is 9.59 Å². The van der Waals surface area contributed by atoms with Gasteiger partial charge in [0.15, 0.2) is 0 Å². The summed E-state index contributed by atoms with van der Waals surface area (Å²) in [6.07, 6.45) is 0.782. The molecule has 0 N–H and O–H groups in total. The summed E-state index contributed by atoms with van der Waals surface area (Å²) >= 11 is 3.39. The standard InChI is InChI=1S/C21H24BrN3O2/c1-23(2)19-10-6-17(7-11-19)21(27)25-13-3-12-24(14-15-25)20(26)16-4-8-18(22)9-5-16/h4-11H,3,12-15H2,1-2H3. The van der Waals surface area contributed by atoms with Gasteiger partial charge in [0.2, 0.25) is 0 Å². The first-order chi connectivity index (χ1) is 13.0. The van der Waals surface area contributed by atoms with E-state index in [4.69, 9.17) is 0 Å². The zero-order valence-electron chi connectivity index (χ0n) is 15.7. The van der Waals surface area contributed by atoms with Crippen molar-refractivity contribution in [2.45, 2.75) is 6.42 Å². The number of rotatable bonds is 3. The lowest BCUT2D eigenvalue weighted by Gasteiger charge is -2.22. The third-order valence-corrected chi connectivity index (χ3v) is 5.32. The van der Waals surface area contributed by atoms with Gasteiger partial charge in [-0.15, -0.1) is 0 Å². The van der Waals surface area contributed by atoms with Crippen molar-refractivity contribution in [1.82, 2.24) is 9.80 Å². The summed E-state index contributed by atoms with van der Waals surface area (Å²) in [6.45, 7) is 2.43. The minimum Gasteiger partial charge on any atom is -0.378 e. The molecule has 1 fully saturated rings. The predicted octanol–water partition coefficient (Wildman–Crippen LogP) is 3.50. The number of anilines is 1. The van der Waals surface area contributed by atoms with Gasteiger partial charge in [-0.1, -0.05) is 15.9 Å². The SMILES string of the molecule is CN(C)c1ccc(C(=O)N2CCCN(C(=O)c3ccc(Br)cc3)CC2)cc1. The average molecular weight is 430 g/mol. The maximum Gasteiger partial charge on any atom is 0.253 e. The van der Waals surface area contributed by atoms with Gasteiger partial charge in [0.25, 0.3) is 11.8 Å². The molecule has 0 bridgehead atoms. The van der Waals surface area contributed by atoms with E-state index in [2.05, 4.69) is 15.9 Å². The first-order valence-corrected chi connectivity index (χ1v) is 9.86. The van der Waals surface area contributed by atoms with Gasteiger partial charge < -0.3 is 14.7 Å². The largest absolute Gasteiger partial charge is 0.378 e. The van der Waals surface area contributed by atoms with E-state index in [0.29, 0.717) is 37.3 Å². The van der Waals surface area contributed by atoms with Crippen molar-refractivity contribution >= 4 is 33.4 Å². The van der Waals surface area contributed by atoms with Gasteiger partial charge in [0, 0.05) is 61.6 Å². The lowest BCUT2D eigenvalue weighted by molar-refractivity contribution is 0.0719. The number of carbonyl (C=O) groups is 2. The van der Waals surface area contributed by atoms with Gasteiger partial charge in [-0.2, -0.15) is 0 Å². The number of nitrogens with zero attached hydrogens (tertiary/aromatic N) is 3. The van der Waals surface area contributed by atoms with Gasteiger partial charge in [0.1, 0.15) is 0 Å². The van der Waals surface area contributed by atoms with Crippen LogP contribution in [0.5, 0.6) is 0 Å². The van der Waals surface area contributed by atoms with Gasteiger partial charge >= 0.3 is 0 Å². The molecule has 0 unspecified atom stereocenters. The molecule has 27 heavy (non-hydrogen) atoms. The Morgan fingerprint density at radius 2 is 1.22 bits per heavy atom. The Morgan fingerprint density at radius 1 is 0.778 bits per heavy atom. The first-order valence-electron chi connectivity index (χ1n) is 9.07. The van der Waals surface area contributed by atoms with Crippen molar-refractivity contribution in [3.8, 4) is 0 Å². The summed E-state index contributed by atoms with van der Waals surface area (Å²) in [6, 6.07) is 15.0. The minimum atomic E-state index is 0.0205. The van der Waals surface area contributed by atoms with E-state index < -0.39 is 0 Å². The van der Waals surface area contributed by atoms with Crippen molar-refractivity contribution in [1.29, 1.82) is 0 Å². The molecule has 1 aliphatic heterocycles. The van der Waals surface area contributed by atoms with E-state index in [9.17, 15) is 9.59 Å². The van der Waals surface area contributed by atoms with Gasteiger partial charge in [-0.05, 0) is 55.0 Å². The summed E-state index contributed by atoms with van der Waals surface area (Å²) < 4.78 is 0.951. The van der Waals surface area contributed by atoms with E-state index in [0.717, 1.165) is 16.6 Å². The third kappa shape index (κ3) is 4.69. The molecule has 2 aromatic rings. The summed E-state index contributed by atoms with van der Waals surface area (Å²) in [5, 5.41) is 0. The topological polar surface area (TPSA) is 43.9 Å². The van der Waals surface area contributed by atoms with Gasteiger partial charge in [-0.25, -0.2) is 0 Å². The minimum absolute atomic E-state index is 0.0205. The second-order valence-corrected chi connectivity index (χ2v) is 7.80. The highest BCUT2D eigenvalue weighted by Gasteiger charge is 2.23. The van der Waals surface area contributed by atoms with Crippen LogP contribution in [0.2, 0.25) is 0 Å². The Hall–Kier alpha value is -2.34. The van der Waals surface area contributed by atoms with Gasteiger partial charge in [0.05, 0.1) is 0 Å². The quantitative estimate of drug-likeness (QED) is 0.749. The maximum atomic E-state index is 12.8. The highest BCUT2D eigenvalue weighted by Crippen LogP contribution is 2.17. The van der Waals surface area contributed by atoms with Crippen LogP contribution >= 0.6 is 15.9 Å². The molecule has 2 amide bonds. The summed E-state index contributed by atoms with van der Waals surface area (Å²) in [7, 11) is 3.95. The van der Waals surface area contributed by atoms with Crippen molar-refractivity contribution < 1.29 is 9.59 Å². The fraction of sp³-hybridized carbons (Fsp3) is 0.333. The lowest BCUT2D eigenvalue weighted by atomic mass is 10.1. The van der Waals surface area contributed by atoms with Crippen LogP contribution in [-0.4, -0.2) is 61.9 Å². The molecule has 142 valence electrons. The van der Waals surface area contributed by atoms with E-state index in [1.165, 1.54) is 0 Å². The monoisotopic (exact) mass is 429 g/mol. The molecule has 1 heterocycles. The fourth-order valence-electron chi connectivity index (χ4n) is 3.18. The van der Waals surface area contributed by atoms with Crippen LogP contribution in [0.1, 0.15) is 27.1 Å². The molecule has 5 nitrogen and oxygen atoms in total. The van der Waals surface area contributed by atoms with E-state index in [1.807, 2.05) is 77.3 Å². The molecule has 0 radical (unpaired) electrons. The Kier molecular flexibility index (Phi) is 6.16. The van der Waals surface area contributed by atoms with Crippen LogP contribution in [0.15, 0.2) is 53.0 Å². The number of hydrogen-bond acceptors (Lipinski definition) is 3. The molecule has 0 aromatic heterocycles. The molecule has 6 heteroatoms. The van der Waals surface area contributed by atoms with Crippen LogP contribution in [0, 0.1) is 0 Å². The first kappa shape index (κ1) is 19.4. The van der Waals surface area contributed by atoms with E-state index >= 15 is 0 Å². The molecule has 2 aromatic carbocycles. The lowest BCUT2D eigenvalue weighted by Crippen LogP contribution is -2.37. The normalized spacial score (nSPS) is 14.6. The molecule has 0 aliphatic carbocycles. The molecular formula is C21H24BrN3O2. The van der Waals surface area contributed by atoms with E-state index in [-0.39, 0.29) is 11.8 Å². The molecule has 0 saturated carbocycles. The summed E-state index contributed by atoms with van der Waals surface area (Å²) in [4.78, 5) is 31.2. The van der Waals surface area contributed by atoms with Crippen molar-refractivity contribution in [2.24, 2.45) is 0 Å². The number of halogens is 1. The zero-order valence-corrected chi connectivity index (χ0v) is 17.3. The number of carbonyl (C=O) groups excluding carboxylic acids is 2. The molecule has 0 atom stereocenters.